The van der Waals surface area contributed by atoms with Crippen molar-refractivity contribution in [3.05, 3.63) is 0 Å². The quantitative estimate of drug-likeness (QED) is 0.645. The van der Waals surface area contributed by atoms with Gasteiger partial charge in [0.15, 0.2) is 0 Å². The number of rotatable bonds is 5. The summed E-state index contributed by atoms with van der Waals surface area (Å²) in [7, 11) is 0. The number of carboxylic acids is 1. The van der Waals surface area contributed by atoms with Crippen LogP contribution in [-0.4, -0.2) is 23.0 Å². The molecule has 1 atom stereocenters. The number of carbonyl (C=O) groups excluding carboxylic acids is 1. The lowest BCUT2D eigenvalue weighted by Crippen LogP contribution is -2.34. The zero-order valence-corrected chi connectivity index (χ0v) is 7.46. The Kier molecular flexibility index (Phi) is 5.08. The first-order valence-corrected chi connectivity index (χ1v) is 4.05. The van der Waals surface area contributed by atoms with Crippen molar-refractivity contribution < 1.29 is 14.7 Å². The lowest BCUT2D eigenvalue weighted by Gasteiger charge is -2.13. The SMILES string of the molecule is CCC[C@H](CC(=O)O)NC(C)=O. The molecule has 1 amide bonds. The van der Waals surface area contributed by atoms with Crippen LogP contribution in [0.4, 0.5) is 0 Å². The summed E-state index contributed by atoms with van der Waals surface area (Å²) < 4.78 is 0. The highest BCUT2D eigenvalue weighted by molar-refractivity contribution is 5.74. The van der Waals surface area contributed by atoms with Gasteiger partial charge in [-0.3, -0.25) is 9.59 Å². The van der Waals surface area contributed by atoms with Gasteiger partial charge in [-0.2, -0.15) is 0 Å². The van der Waals surface area contributed by atoms with Crippen LogP contribution in [0.3, 0.4) is 0 Å². The van der Waals surface area contributed by atoms with Crippen LogP contribution in [0.15, 0.2) is 0 Å². The first kappa shape index (κ1) is 10.9. The van der Waals surface area contributed by atoms with Gasteiger partial charge < -0.3 is 10.4 Å². The minimum absolute atomic E-state index is 0.00736. The van der Waals surface area contributed by atoms with Gasteiger partial charge in [0.05, 0.1) is 6.42 Å². The van der Waals surface area contributed by atoms with E-state index in [4.69, 9.17) is 5.11 Å². The molecule has 0 aliphatic carbocycles. The van der Waals surface area contributed by atoms with Crippen molar-refractivity contribution in [2.75, 3.05) is 0 Å². The molecule has 4 nitrogen and oxygen atoms in total. The monoisotopic (exact) mass is 173 g/mol. The fourth-order valence-corrected chi connectivity index (χ4v) is 1.07. The van der Waals surface area contributed by atoms with Crippen LogP contribution in [0, 0.1) is 0 Å². The van der Waals surface area contributed by atoms with Gasteiger partial charge in [-0.1, -0.05) is 13.3 Å². The second-order valence-corrected chi connectivity index (χ2v) is 2.78. The number of hydrogen-bond donors (Lipinski definition) is 2. The average molecular weight is 173 g/mol. The molecule has 0 bridgehead atoms. The first-order chi connectivity index (χ1) is 5.56. The van der Waals surface area contributed by atoms with Crippen LogP contribution < -0.4 is 5.32 Å². The highest BCUT2D eigenvalue weighted by Crippen LogP contribution is 2.01. The summed E-state index contributed by atoms with van der Waals surface area (Å²) >= 11 is 0. The van der Waals surface area contributed by atoms with Crippen LogP contribution >= 0.6 is 0 Å². The molecular weight excluding hydrogens is 158 g/mol. The lowest BCUT2D eigenvalue weighted by atomic mass is 10.1. The molecule has 0 aliphatic heterocycles. The molecule has 2 N–H and O–H groups in total. The van der Waals surface area contributed by atoms with Crippen molar-refractivity contribution >= 4 is 11.9 Å². The summed E-state index contributed by atoms with van der Waals surface area (Å²) in [4.78, 5) is 20.9. The maximum Gasteiger partial charge on any atom is 0.305 e. The number of amides is 1. The maximum absolute atomic E-state index is 10.6. The Balaban J connectivity index is 3.85. The Bertz CT molecular complexity index is 152. The summed E-state index contributed by atoms with van der Waals surface area (Å²) in [6.07, 6.45) is 1.59. The van der Waals surface area contributed by atoms with Gasteiger partial charge in [-0.25, -0.2) is 0 Å². The third kappa shape index (κ3) is 5.70. The van der Waals surface area contributed by atoms with Crippen molar-refractivity contribution in [1.82, 2.24) is 5.32 Å². The van der Waals surface area contributed by atoms with Crippen molar-refractivity contribution in [3.8, 4) is 0 Å². The number of aliphatic carboxylic acids is 1. The fraction of sp³-hybridized carbons (Fsp3) is 0.750. The molecule has 0 aliphatic rings. The van der Waals surface area contributed by atoms with Crippen LogP contribution in [0.25, 0.3) is 0 Å². The summed E-state index contributed by atoms with van der Waals surface area (Å²) in [5.74, 6) is -1.04. The molecule has 0 rings (SSSR count). The van der Waals surface area contributed by atoms with E-state index in [1.54, 1.807) is 0 Å². The summed E-state index contributed by atoms with van der Waals surface area (Å²) in [6, 6.07) is -0.218. The topological polar surface area (TPSA) is 66.4 Å². The van der Waals surface area contributed by atoms with E-state index in [0.29, 0.717) is 6.42 Å². The molecule has 0 aromatic rings. The molecule has 70 valence electrons. The second-order valence-electron chi connectivity index (χ2n) is 2.78. The maximum atomic E-state index is 10.6. The van der Waals surface area contributed by atoms with E-state index in [2.05, 4.69) is 5.32 Å². The van der Waals surface area contributed by atoms with Crippen LogP contribution in [0.2, 0.25) is 0 Å². The molecular formula is C8H15NO3. The molecule has 0 spiro atoms. The van der Waals surface area contributed by atoms with Crippen LogP contribution in [0.1, 0.15) is 33.1 Å². The Morgan fingerprint density at radius 2 is 2.08 bits per heavy atom. The van der Waals surface area contributed by atoms with Gasteiger partial charge in [0.25, 0.3) is 0 Å². The highest BCUT2D eigenvalue weighted by atomic mass is 16.4. The third-order valence-electron chi connectivity index (χ3n) is 1.47. The zero-order chi connectivity index (χ0) is 9.56. The standard InChI is InChI=1S/C8H15NO3/c1-3-4-7(5-8(11)12)9-6(2)10/h7H,3-5H2,1-2H3,(H,9,10)(H,11,12)/t7-/m1/s1. The lowest BCUT2D eigenvalue weighted by molar-refractivity contribution is -0.137. The zero-order valence-electron chi connectivity index (χ0n) is 7.46. The summed E-state index contributed by atoms with van der Waals surface area (Å²) in [6.45, 7) is 3.35. The largest absolute Gasteiger partial charge is 0.481 e. The molecule has 0 saturated heterocycles. The minimum Gasteiger partial charge on any atom is -0.481 e. The third-order valence-corrected chi connectivity index (χ3v) is 1.47. The van der Waals surface area contributed by atoms with Crippen molar-refractivity contribution in [2.24, 2.45) is 0 Å². The number of hydrogen-bond acceptors (Lipinski definition) is 2. The minimum atomic E-state index is -0.873. The van der Waals surface area contributed by atoms with E-state index in [1.807, 2.05) is 6.92 Å². The highest BCUT2D eigenvalue weighted by Gasteiger charge is 2.12. The van der Waals surface area contributed by atoms with Gasteiger partial charge in [-0.15, -0.1) is 0 Å². The Morgan fingerprint density at radius 3 is 2.42 bits per heavy atom. The molecule has 12 heavy (non-hydrogen) atoms. The molecule has 0 saturated carbocycles. The van der Waals surface area contributed by atoms with Crippen molar-refractivity contribution in [2.45, 2.75) is 39.2 Å². The van der Waals surface area contributed by atoms with Crippen LogP contribution in [0.5, 0.6) is 0 Å². The predicted octanol–water partition coefficient (Wildman–Crippen LogP) is 0.766. The number of nitrogens with one attached hydrogen (secondary N) is 1. The molecule has 4 heteroatoms. The average Bonchev–Trinajstić information content (AvgIpc) is 1.84. The number of carboxylic acid groups (broad SMARTS) is 1. The first-order valence-electron chi connectivity index (χ1n) is 4.05. The van der Waals surface area contributed by atoms with E-state index in [0.717, 1.165) is 6.42 Å². The summed E-state index contributed by atoms with van der Waals surface area (Å²) in [5, 5.41) is 11.1. The summed E-state index contributed by atoms with van der Waals surface area (Å²) in [5.41, 5.74) is 0. The van der Waals surface area contributed by atoms with E-state index in [-0.39, 0.29) is 18.4 Å². The van der Waals surface area contributed by atoms with Crippen molar-refractivity contribution in [3.63, 3.8) is 0 Å². The number of carbonyl (C=O) groups is 2. The predicted molar refractivity (Wildman–Crippen MR) is 44.8 cm³/mol. The Labute approximate surface area is 72.0 Å². The van der Waals surface area contributed by atoms with Gasteiger partial charge in [0, 0.05) is 13.0 Å². The molecule has 0 aromatic carbocycles. The van der Waals surface area contributed by atoms with Gasteiger partial charge in [-0.05, 0) is 6.42 Å². The fourth-order valence-electron chi connectivity index (χ4n) is 1.07. The molecule has 0 fully saturated rings. The second kappa shape index (κ2) is 5.57. The smallest absolute Gasteiger partial charge is 0.305 e. The van der Waals surface area contributed by atoms with E-state index >= 15 is 0 Å². The van der Waals surface area contributed by atoms with Crippen LogP contribution in [-0.2, 0) is 9.59 Å². The molecule has 0 aromatic heterocycles. The van der Waals surface area contributed by atoms with Gasteiger partial charge in [0.2, 0.25) is 5.91 Å². The Hall–Kier alpha value is -1.06. The molecule has 0 radical (unpaired) electrons. The molecule has 0 unspecified atom stereocenters. The normalized spacial score (nSPS) is 12.2. The van der Waals surface area contributed by atoms with Gasteiger partial charge in [0.1, 0.15) is 0 Å². The van der Waals surface area contributed by atoms with E-state index < -0.39 is 5.97 Å². The van der Waals surface area contributed by atoms with E-state index in [1.165, 1.54) is 6.92 Å². The van der Waals surface area contributed by atoms with E-state index in [9.17, 15) is 9.59 Å². The van der Waals surface area contributed by atoms with Gasteiger partial charge >= 0.3 is 5.97 Å². The molecule has 0 heterocycles. The Morgan fingerprint density at radius 1 is 1.50 bits per heavy atom. The van der Waals surface area contributed by atoms with Crippen molar-refractivity contribution in [1.29, 1.82) is 0 Å².